The Morgan fingerprint density at radius 1 is 1.32 bits per heavy atom. The standard InChI is InChI=1S/C18H22O4/c1-12-6-7-16-14(10-22-18(16)13(12)2)9-17(19)21-11-15-5-3-4-8-20-15/h6-7,10,15H,3-5,8-9,11H2,1-2H3. The van der Waals surface area contributed by atoms with E-state index >= 15 is 0 Å². The number of furan rings is 1. The number of carbonyl (C=O) groups is 1. The third-order valence-electron chi connectivity index (χ3n) is 4.38. The molecule has 22 heavy (non-hydrogen) atoms. The first-order valence-corrected chi connectivity index (χ1v) is 7.88. The third kappa shape index (κ3) is 3.17. The van der Waals surface area contributed by atoms with E-state index < -0.39 is 0 Å². The van der Waals surface area contributed by atoms with Crippen LogP contribution in [0.15, 0.2) is 22.8 Å². The van der Waals surface area contributed by atoms with Gasteiger partial charge in [0.15, 0.2) is 0 Å². The second-order valence-corrected chi connectivity index (χ2v) is 5.99. The van der Waals surface area contributed by atoms with Gasteiger partial charge in [-0.15, -0.1) is 0 Å². The number of rotatable bonds is 4. The van der Waals surface area contributed by atoms with Gasteiger partial charge in [0, 0.05) is 17.6 Å². The van der Waals surface area contributed by atoms with Crippen LogP contribution in [0.3, 0.4) is 0 Å². The first kappa shape index (κ1) is 15.1. The van der Waals surface area contributed by atoms with E-state index in [-0.39, 0.29) is 18.5 Å². The van der Waals surface area contributed by atoms with Crippen molar-refractivity contribution < 1.29 is 18.7 Å². The molecule has 1 fully saturated rings. The van der Waals surface area contributed by atoms with Crippen LogP contribution in [0.4, 0.5) is 0 Å². The maximum Gasteiger partial charge on any atom is 0.310 e. The smallest absolute Gasteiger partial charge is 0.310 e. The number of benzene rings is 1. The van der Waals surface area contributed by atoms with Crippen LogP contribution in [0.5, 0.6) is 0 Å². The summed E-state index contributed by atoms with van der Waals surface area (Å²) in [7, 11) is 0. The molecule has 0 saturated carbocycles. The van der Waals surface area contributed by atoms with Crippen molar-refractivity contribution in [2.24, 2.45) is 0 Å². The first-order chi connectivity index (χ1) is 10.6. The largest absolute Gasteiger partial charge is 0.464 e. The van der Waals surface area contributed by atoms with Crippen molar-refractivity contribution in [2.75, 3.05) is 13.2 Å². The molecule has 0 spiro atoms. The van der Waals surface area contributed by atoms with Gasteiger partial charge < -0.3 is 13.9 Å². The maximum atomic E-state index is 12.0. The average molecular weight is 302 g/mol. The number of fused-ring (bicyclic) bond motifs is 1. The Morgan fingerprint density at radius 2 is 2.18 bits per heavy atom. The number of esters is 1. The quantitative estimate of drug-likeness (QED) is 0.808. The SMILES string of the molecule is Cc1ccc2c(CC(=O)OCC3CCCCO3)coc2c1C. The zero-order valence-corrected chi connectivity index (χ0v) is 13.2. The number of hydrogen-bond donors (Lipinski definition) is 0. The molecule has 0 radical (unpaired) electrons. The van der Waals surface area contributed by atoms with Crippen LogP contribution in [-0.2, 0) is 20.7 Å². The summed E-state index contributed by atoms with van der Waals surface area (Å²) in [6, 6.07) is 4.06. The summed E-state index contributed by atoms with van der Waals surface area (Å²) in [5, 5.41) is 0.994. The lowest BCUT2D eigenvalue weighted by Crippen LogP contribution is -2.26. The highest BCUT2D eigenvalue weighted by Crippen LogP contribution is 2.27. The van der Waals surface area contributed by atoms with Crippen molar-refractivity contribution in [3.05, 3.63) is 35.1 Å². The Hall–Kier alpha value is -1.81. The number of aryl methyl sites for hydroxylation is 2. The molecule has 1 saturated heterocycles. The molecule has 1 aliphatic rings. The molecular weight excluding hydrogens is 280 g/mol. The van der Waals surface area contributed by atoms with E-state index in [4.69, 9.17) is 13.9 Å². The van der Waals surface area contributed by atoms with Crippen molar-refractivity contribution in [2.45, 2.75) is 45.6 Å². The van der Waals surface area contributed by atoms with E-state index in [9.17, 15) is 4.79 Å². The normalized spacial score (nSPS) is 18.5. The fourth-order valence-corrected chi connectivity index (χ4v) is 2.86. The van der Waals surface area contributed by atoms with Crippen LogP contribution < -0.4 is 0 Å². The summed E-state index contributed by atoms with van der Waals surface area (Å²) in [6.07, 6.45) is 5.18. The van der Waals surface area contributed by atoms with Gasteiger partial charge in [0.05, 0.1) is 18.8 Å². The second kappa shape index (κ2) is 6.53. The topological polar surface area (TPSA) is 48.7 Å². The van der Waals surface area contributed by atoms with E-state index in [0.29, 0.717) is 6.61 Å². The summed E-state index contributed by atoms with van der Waals surface area (Å²) in [5.41, 5.74) is 4.05. The zero-order chi connectivity index (χ0) is 15.5. The molecule has 0 amide bonds. The molecule has 1 unspecified atom stereocenters. The van der Waals surface area contributed by atoms with Gasteiger partial charge in [-0.3, -0.25) is 4.79 Å². The van der Waals surface area contributed by atoms with E-state index in [0.717, 1.165) is 48.0 Å². The Bertz CT molecular complexity index is 665. The highest BCUT2D eigenvalue weighted by molar-refractivity contribution is 5.88. The number of carbonyl (C=O) groups excluding carboxylic acids is 1. The van der Waals surface area contributed by atoms with Gasteiger partial charge in [0.25, 0.3) is 0 Å². The van der Waals surface area contributed by atoms with E-state index in [1.165, 1.54) is 5.56 Å². The molecule has 2 aromatic rings. The fraction of sp³-hybridized carbons (Fsp3) is 0.500. The average Bonchev–Trinajstić information content (AvgIpc) is 2.93. The Labute approximate surface area is 130 Å². The van der Waals surface area contributed by atoms with Gasteiger partial charge >= 0.3 is 5.97 Å². The molecule has 2 heterocycles. The molecule has 1 atom stereocenters. The molecule has 0 bridgehead atoms. The predicted molar refractivity (Wildman–Crippen MR) is 83.9 cm³/mol. The monoisotopic (exact) mass is 302 g/mol. The van der Waals surface area contributed by atoms with E-state index in [1.807, 2.05) is 13.0 Å². The molecule has 3 rings (SSSR count). The lowest BCUT2D eigenvalue weighted by Gasteiger charge is -2.21. The lowest BCUT2D eigenvalue weighted by atomic mass is 10.0. The van der Waals surface area contributed by atoms with E-state index in [1.54, 1.807) is 6.26 Å². The molecule has 1 aromatic heterocycles. The highest BCUT2D eigenvalue weighted by Gasteiger charge is 2.18. The molecule has 0 aliphatic carbocycles. The molecule has 4 nitrogen and oxygen atoms in total. The first-order valence-electron chi connectivity index (χ1n) is 7.88. The Kier molecular flexibility index (Phi) is 4.48. The third-order valence-corrected chi connectivity index (χ3v) is 4.38. The fourth-order valence-electron chi connectivity index (χ4n) is 2.86. The van der Waals surface area contributed by atoms with Crippen LogP contribution in [0.1, 0.15) is 36.0 Å². The molecule has 118 valence electrons. The molecule has 1 aliphatic heterocycles. The van der Waals surface area contributed by atoms with Gasteiger partial charge in [-0.25, -0.2) is 0 Å². The summed E-state index contributed by atoms with van der Waals surface area (Å²) < 4.78 is 16.5. The minimum Gasteiger partial charge on any atom is -0.464 e. The van der Waals surface area contributed by atoms with Gasteiger partial charge in [-0.1, -0.05) is 12.1 Å². The maximum absolute atomic E-state index is 12.0. The molecule has 4 heteroatoms. The van der Waals surface area contributed by atoms with Crippen LogP contribution in [0.25, 0.3) is 11.0 Å². The van der Waals surface area contributed by atoms with Gasteiger partial charge in [-0.05, 0) is 44.2 Å². The molecular formula is C18H22O4. The molecule has 1 aromatic carbocycles. The van der Waals surface area contributed by atoms with Gasteiger partial charge in [-0.2, -0.15) is 0 Å². The van der Waals surface area contributed by atoms with Crippen LogP contribution in [0, 0.1) is 13.8 Å². The van der Waals surface area contributed by atoms with Crippen LogP contribution in [0.2, 0.25) is 0 Å². The second-order valence-electron chi connectivity index (χ2n) is 5.99. The predicted octanol–water partition coefficient (Wildman–Crippen LogP) is 3.70. The summed E-state index contributed by atoms with van der Waals surface area (Å²) >= 11 is 0. The summed E-state index contributed by atoms with van der Waals surface area (Å²) in [4.78, 5) is 12.0. The molecule has 0 N–H and O–H groups in total. The summed E-state index contributed by atoms with van der Waals surface area (Å²) in [6.45, 7) is 5.21. The number of ether oxygens (including phenoxy) is 2. The number of hydrogen-bond acceptors (Lipinski definition) is 4. The van der Waals surface area contributed by atoms with Crippen molar-refractivity contribution >= 4 is 16.9 Å². The van der Waals surface area contributed by atoms with E-state index in [2.05, 4.69) is 13.0 Å². The highest BCUT2D eigenvalue weighted by atomic mass is 16.6. The van der Waals surface area contributed by atoms with Gasteiger partial charge in [0.1, 0.15) is 12.2 Å². The van der Waals surface area contributed by atoms with Crippen molar-refractivity contribution in [3.63, 3.8) is 0 Å². The summed E-state index contributed by atoms with van der Waals surface area (Å²) in [5.74, 6) is -0.227. The minimum atomic E-state index is -0.227. The van der Waals surface area contributed by atoms with Crippen molar-refractivity contribution in [1.82, 2.24) is 0 Å². The van der Waals surface area contributed by atoms with Crippen molar-refractivity contribution in [3.8, 4) is 0 Å². The minimum absolute atomic E-state index is 0.0590. The Morgan fingerprint density at radius 3 is 2.95 bits per heavy atom. The Balaban J connectivity index is 1.63. The van der Waals surface area contributed by atoms with Crippen molar-refractivity contribution in [1.29, 1.82) is 0 Å². The zero-order valence-electron chi connectivity index (χ0n) is 13.2. The van der Waals surface area contributed by atoms with Gasteiger partial charge in [0.2, 0.25) is 0 Å². The van der Waals surface area contributed by atoms with Crippen LogP contribution in [-0.4, -0.2) is 25.3 Å². The lowest BCUT2D eigenvalue weighted by molar-refractivity contribution is -0.148. The van der Waals surface area contributed by atoms with Crippen LogP contribution >= 0.6 is 0 Å².